The molecule has 1 heterocycles. The van der Waals surface area contributed by atoms with Crippen LogP contribution in [0.5, 0.6) is 0 Å². The number of carbonyl (C=O) groups excluding carboxylic acids is 2. The van der Waals surface area contributed by atoms with Crippen molar-refractivity contribution in [2.75, 3.05) is 13.7 Å². The Kier molecular flexibility index (Phi) is 5.64. The minimum Gasteiger partial charge on any atom is -0.469 e. The van der Waals surface area contributed by atoms with E-state index in [1.807, 2.05) is 20.8 Å². The number of hydrogen-bond acceptors (Lipinski definition) is 7. The molecule has 2 fully saturated rings. The van der Waals surface area contributed by atoms with Gasteiger partial charge in [-0.3, -0.25) is 4.79 Å². The minimum atomic E-state index is -0.885. The Hall–Kier alpha value is -1.44. The SMILES string of the molecule is COC(=O)[C@@H]1CC[C@@H](O)[C@@H]2[C@@](C)(C[C@H](O)C3=CC(=O)OC3)[C@H](C)C[C@H](O)[C@]21C. The molecule has 0 spiro atoms. The molecular weight excluding hydrogens is 364 g/mol. The van der Waals surface area contributed by atoms with Gasteiger partial charge in [-0.05, 0) is 42.9 Å². The Balaban J connectivity index is 1.99. The number of methoxy groups -OCH3 is 1. The summed E-state index contributed by atoms with van der Waals surface area (Å²) in [6.45, 7) is 5.96. The van der Waals surface area contributed by atoms with Crippen LogP contribution in [0.25, 0.3) is 0 Å². The van der Waals surface area contributed by atoms with E-state index < -0.39 is 46.9 Å². The fraction of sp³-hybridized carbons (Fsp3) is 0.810. The summed E-state index contributed by atoms with van der Waals surface area (Å²) in [6.07, 6.45) is 0.657. The van der Waals surface area contributed by atoms with Crippen molar-refractivity contribution in [1.29, 1.82) is 0 Å². The number of ether oxygens (including phenoxy) is 2. The highest BCUT2D eigenvalue weighted by Gasteiger charge is 2.64. The minimum absolute atomic E-state index is 0.0000973. The quantitative estimate of drug-likeness (QED) is 0.612. The number of rotatable bonds is 4. The third-order valence-corrected chi connectivity index (χ3v) is 7.92. The Labute approximate surface area is 165 Å². The average molecular weight is 396 g/mol. The molecule has 0 unspecified atom stereocenters. The third kappa shape index (κ3) is 3.17. The van der Waals surface area contributed by atoms with Gasteiger partial charge < -0.3 is 24.8 Å². The van der Waals surface area contributed by atoms with Crippen molar-refractivity contribution >= 4 is 11.9 Å². The second-order valence-electron chi connectivity index (χ2n) is 9.27. The maximum atomic E-state index is 12.5. The fourth-order valence-electron chi connectivity index (χ4n) is 6.17. The van der Waals surface area contributed by atoms with Crippen molar-refractivity contribution in [2.24, 2.45) is 28.6 Å². The zero-order valence-corrected chi connectivity index (χ0v) is 17.1. The van der Waals surface area contributed by atoms with Crippen LogP contribution in [0.3, 0.4) is 0 Å². The van der Waals surface area contributed by atoms with E-state index in [2.05, 4.69) is 0 Å². The van der Waals surface area contributed by atoms with Crippen LogP contribution in [0, 0.1) is 28.6 Å². The van der Waals surface area contributed by atoms with Crippen LogP contribution in [-0.4, -0.2) is 59.3 Å². The lowest BCUT2D eigenvalue weighted by atomic mass is 9.42. The van der Waals surface area contributed by atoms with Gasteiger partial charge >= 0.3 is 11.9 Å². The number of cyclic esters (lactones) is 1. The number of carbonyl (C=O) groups is 2. The number of hydrogen-bond donors (Lipinski definition) is 3. The molecule has 1 aliphatic heterocycles. The normalized spacial score (nSPS) is 44.3. The summed E-state index contributed by atoms with van der Waals surface area (Å²) in [5, 5.41) is 32.8. The first-order valence-electron chi connectivity index (χ1n) is 10.0. The van der Waals surface area contributed by atoms with E-state index in [4.69, 9.17) is 9.47 Å². The summed E-state index contributed by atoms with van der Waals surface area (Å²) in [7, 11) is 1.34. The lowest BCUT2D eigenvalue weighted by Crippen LogP contribution is -2.65. The predicted molar refractivity (Wildman–Crippen MR) is 99.9 cm³/mol. The van der Waals surface area contributed by atoms with E-state index in [1.165, 1.54) is 13.2 Å². The summed E-state index contributed by atoms with van der Waals surface area (Å²) in [5.41, 5.74) is -0.880. The van der Waals surface area contributed by atoms with Gasteiger partial charge in [-0.1, -0.05) is 20.8 Å². The number of aliphatic hydroxyl groups is 3. The van der Waals surface area contributed by atoms with Crippen molar-refractivity contribution in [3.63, 3.8) is 0 Å². The van der Waals surface area contributed by atoms with Gasteiger partial charge in [0.2, 0.25) is 0 Å². The average Bonchev–Trinajstić information content (AvgIpc) is 3.06. The molecule has 158 valence electrons. The topological polar surface area (TPSA) is 113 Å². The van der Waals surface area contributed by atoms with Gasteiger partial charge in [0.15, 0.2) is 0 Å². The molecule has 0 bridgehead atoms. The highest BCUT2D eigenvalue weighted by Crippen LogP contribution is 2.63. The maximum Gasteiger partial charge on any atom is 0.331 e. The smallest absolute Gasteiger partial charge is 0.331 e. The molecule has 0 aromatic carbocycles. The molecular formula is C21H32O7. The molecule has 0 radical (unpaired) electrons. The molecule has 7 heteroatoms. The van der Waals surface area contributed by atoms with Gasteiger partial charge in [0.1, 0.15) is 6.61 Å². The van der Waals surface area contributed by atoms with Crippen molar-refractivity contribution < 1.29 is 34.4 Å². The van der Waals surface area contributed by atoms with Crippen molar-refractivity contribution in [1.82, 2.24) is 0 Å². The van der Waals surface area contributed by atoms with E-state index in [9.17, 15) is 24.9 Å². The van der Waals surface area contributed by atoms with E-state index in [-0.39, 0.29) is 18.5 Å². The molecule has 8 atom stereocenters. The van der Waals surface area contributed by atoms with Gasteiger partial charge in [-0.15, -0.1) is 0 Å². The van der Waals surface area contributed by atoms with Crippen LogP contribution in [0.4, 0.5) is 0 Å². The molecule has 2 aliphatic carbocycles. The molecule has 0 saturated heterocycles. The largest absolute Gasteiger partial charge is 0.469 e. The lowest BCUT2D eigenvalue weighted by molar-refractivity contribution is -0.225. The van der Waals surface area contributed by atoms with E-state index in [0.717, 1.165) is 0 Å². The van der Waals surface area contributed by atoms with Gasteiger partial charge in [-0.25, -0.2) is 4.79 Å². The standard InChI is InChI=1S/C21H32O7/c1-11-7-16(24)21(3)13(19(26)27-4)5-6-14(22)18(21)20(11,2)9-15(23)12-8-17(25)28-10-12/h8,11,13-16,18,22-24H,5-7,9-10H2,1-4H3/t11-,13+,14-,15+,16+,18-,20+,21-/m1/s1. The summed E-state index contributed by atoms with van der Waals surface area (Å²) < 4.78 is 9.93. The molecule has 0 aromatic rings. The first kappa shape index (κ1) is 21.3. The highest BCUT2D eigenvalue weighted by molar-refractivity contribution is 5.85. The molecule has 28 heavy (non-hydrogen) atoms. The molecule has 7 nitrogen and oxygen atoms in total. The molecule has 0 aromatic heterocycles. The van der Waals surface area contributed by atoms with Gasteiger partial charge in [0.25, 0.3) is 0 Å². The zero-order chi connectivity index (χ0) is 20.9. The lowest BCUT2D eigenvalue weighted by Gasteiger charge is -2.63. The van der Waals surface area contributed by atoms with Crippen LogP contribution in [0.15, 0.2) is 11.6 Å². The van der Waals surface area contributed by atoms with Gasteiger partial charge in [0, 0.05) is 17.1 Å². The van der Waals surface area contributed by atoms with E-state index in [1.54, 1.807) is 0 Å². The monoisotopic (exact) mass is 396 g/mol. The Morgan fingerprint density at radius 2 is 2.04 bits per heavy atom. The Morgan fingerprint density at radius 3 is 2.61 bits per heavy atom. The first-order valence-corrected chi connectivity index (χ1v) is 10.0. The number of aliphatic hydroxyl groups excluding tert-OH is 3. The first-order chi connectivity index (χ1) is 13.1. The van der Waals surface area contributed by atoms with Crippen LogP contribution >= 0.6 is 0 Å². The summed E-state index contributed by atoms with van der Waals surface area (Å²) >= 11 is 0. The second-order valence-corrected chi connectivity index (χ2v) is 9.27. The number of esters is 2. The second kappa shape index (κ2) is 7.43. The fourth-order valence-corrected chi connectivity index (χ4v) is 6.17. The Bertz CT molecular complexity index is 674. The maximum absolute atomic E-state index is 12.5. The molecule has 3 rings (SSSR count). The zero-order valence-electron chi connectivity index (χ0n) is 17.1. The van der Waals surface area contributed by atoms with Gasteiger partial charge in [-0.2, -0.15) is 0 Å². The van der Waals surface area contributed by atoms with Gasteiger partial charge in [0.05, 0.1) is 31.3 Å². The van der Waals surface area contributed by atoms with Crippen LogP contribution in [-0.2, 0) is 19.1 Å². The Morgan fingerprint density at radius 1 is 1.36 bits per heavy atom. The molecule has 3 N–H and O–H groups in total. The van der Waals surface area contributed by atoms with Crippen molar-refractivity contribution in [3.8, 4) is 0 Å². The van der Waals surface area contributed by atoms with E-state index in [0.29, 0.717) is 31.3 Å². The van der Waals surface area contributed by atoms with Crippen molar-refractivity contribution in [2.45, 2.75) is 64.8 Å². The van der Waals surface area contributed by atoms with Crippen LogP contribution in [0.2, 0.25) is 0 Å². The summed E-state index contributed by atoms with van der Waals surface area (Å²) in [4.78, 5) is 23.9. The molecule has 2 saturated carbocycles. The molecule has 3 aliphatic rings. The highest BCUT2D eigenvalue weighted by atomic mass is 16.5. The summed E-state index contributed by atoms with van der Waals surface area (Å²) in [5.74, 6) is -1.74. The van der Waals surface area contributed by atoms with Crippen molar-refractivity contribution in [3.05, 3.63) is 11.6 Å². The predicted octanol–water partition coefficient (Wildman–Crippen LogP) is 1.19. The van der Waals surface area contributed by atoms with Crippen LogP contribution in [0.1, 0.15) is 46.5 Å². The van der Waals surface area contributed by atoms with Crippen LogP contribution < -0.4 is 0 Å². The summed E-state index contributed by atoms with van der Waals surface area (Å²) in [6, 6.07) is 0. The molecule has 0 amide bonds. The number of fused-ring (bicyclic) bond motifs is 1. The van der Waals surface area contributed by atoms with E-state index >= 15 is 0 Å². The third-order valence-electron chi connectivity index (χ3n) is 7.92.